The number of hydrogen-bond acceptors (Lipinski definition) is 2. The van der Waals surface area contributed by atoms with E-state index in [9.17, 15) is 9.90 Å². The molecule has 1 N–H and O–H groups in total. The van der Waals surface area contributed by atoms with Gasteiger partial charge in [0.25, 0.3) is 0 Å². The first-order valence-electron chi connectivity index (χ1n) is 9.17. The number of hydrogen-bond donors (Lipinski definition) is 1. The van der Waals surface area contributed by atoms with Crippen LogP contribution in [0.4, 0.5) is 0 Å². The number of aromatic carboxylic acids is 1. The van der Waals surface area contributed by atoms with Crippen molar-refractivity contribution in [2.75, 3.05) is 14.1 Å². The predicted octanol–water partition coefficient (Wildman–Crippen LogP) is 4.55. The third-order valence-electron chi connectivity index (χ3n) is 5.05. The second kappa shape index (κ2) is 6.64. The fourth-order valence-corrected chi connectivity index (χ4v) is 3.61. The average molecular weight is 372 g/mol. The zero-order chi connectivity index (χ0) is 20.0. The maximum absolute atomic E-state index is 12.0. The van der Waals surface area contributed by atoms with E-state index in [2.05, 4.69) is 0 Å². The Labute approximate surface area is 163 Å². The molecule has 4 heteroatoms. The van der Waals surface area contributed by atoms with E-state index in [-0.39, 0.29) is 0 Å². The molecule has 0 aromatic heterocycles. The van der Waals surface area contributed by atoms with Crippen LogP contribution in [0.15, 0.2) is 59.0 Å². The third-order valence-corrected chi connectivity index (χ3v) is 5.05. The summed E-state index contributed by atoms with van der Waals surface area (Å²) in [6.07, 6.45) is 0. The van der Waals surface area contributed by atoms with E-state index in [4.69, 9.17) is 4.42 Å². The van der Waals surface area contributed by atoms with Crippen LogP contribution in [-0.2, 0) is 0 Å². The summed E-state index contributed by atoms with van der Waals surface area (Å²) in [4.78, 5) is 12.0. The minimum atomic E-state index is -0.933. The van der Waals surface area contributed by atoms with Gasteiger partial charge in [0.15, 0.2) is 0 Å². The zero-order valence-electron chi connectivity index (χ0n) is 16.4. The highest BCUT2D eigenvalue weighted by molar-refractivity contribution is 6.07. The molecule has 0 spiro atoms. The zero-order valence-corrected chi connectivity index (χ0v) is 16.4. The van der Waals surface area contributed by atoms with Gasteiger partial charge in [0.2, 0.25) is 5.36 Å². The van der Waals surface area contributed by atoms with Crippen LogP contribution in [0, 0.1) is 13.8 Å². The molecule has 1 aliphatic heterocycles. The topological polar surface area (TPSA) is 53.5 Å². The molecule has 2 aromatic rings. The molecular weight excluding hydrogens is 350 g/mol. The standard InChI is InChI=1S/C24H21NO3/c1-14-5-8-17(20(11-14)24(26)27)23-18-9-6-15(2)12-21(18)28-22-13-16(25(3)4)7-10-19(22)23/h5-13H,1-4H3/p+1. The van der Waals surface area contributed by atoms with Gasteiger partial charge < -0.3 is 9.52 Å². The second-order valence-electron chi connectivity index (χ2n) is 7.41. The van der Waals surface area contributed by atoms with E-state index in [1.807, 2.05) is 81.0 Å². The highest BCUT2D eigenvalue weighted by Crippen LogP contribution is 2.41. The molecule has 2 aliphatic rings. The number of carboxylic acid groups (broad SMARTS) is 1. The number of aryl methyl sites for hydroxylation is 2. The van der Waals surface area contributed by atoms with Crippen LogP contribution in [0.25, 0.3) is 33.4 Å². The SMILES string of the molecule is Cc1ccc(-c2c3ccc(=[N+](C)C)cc-3oc3cc(C)ccc23)c(C(=O)O)c1. The van der Waals surface area contributed by atoms with Crippen molar-refractivity contribution in [2.24, 2.45) is 0 Å². The maximum atomic E-state index is 12.0. The summed E-state index contributed by atoms with van der Waals surface area (Å²) in [7, 11) is 3.96. The van der Waals surface area contributed by atoms with Crippen LogP contribution in [0.5, 0.6) is 0 Å². The van der Waals surface area contributed by atoms with Gasteiger partial charge in [-0.1, -0.05) is 29.8 Å². The summed E-state index contributed by atoms with van der Waals surface area (Å²) in [5.41, 5.74) is 5.53. The van der Waals surface area contributed by atoms with E-state index >= 15 is 0 Å². The van der Waals surface area contributed by atoms with E-state index in [0.717, 1.165) is 44.3 Å². The number of rotatable bonds is 2. The molecule has 4 rings (SSSR count). The molecule has 0 unspecified atom stereocenters. The van der Waals surface area contributed by atoms with Crippen LogP contribution in [0.1, 0.15) is 21.5 Å². The van der Waals surface area contributed by atoms with Crippen molar-refractivity contribution >= 4 is 16.9 Å². The summed E-state index contributed by atoms with van der Waals surface area (Å²) in [6.45, 7) is 3.92. The summed E-state index contributed by atoms with van der Waals surface area (Å²) >= 11 is 0. The monoisotopic (exact) mass is 372 g/mol. The van der Waals surface area contributed by atoms with Gasteiger partial charge in [0, 0.05) is 22.6 Å². The fourth-order valence-electron chi connectivity index (χ4n) is 3.61. The molecule has 0 saturated carbocycles. The Balaban J connectivity index is 2.21. The number of nitrogens with zero attached hydrogens (tertiary/aromatic N) is 1. The Morgan fingerprint density at radius 1 is 0.893 bits per heavy atom. The summed E-state index contributed by atoms with van der Waals surface area (Å²) in [5.74, 6) is -0.200. The van der Waals surface area contributed by atoms with Gasteiger partial charge in [-0.15, -0.1) is 0 Å². The lowest BCUT2D eigenvalue weighted by Crippen LogP contribution is -2.21. The predicted molar refractivity (Wildman–Crippen MR) is 112 cm³/mol. The van der Waals surface area contributed by atoms with E-state index in [1.54, 1.807) is 6.07 Å². The lowest BCUT2D eigenvalue weighted by Gasteiger charge is -2.17. The van der Waals surface area contributed by atoms with Crippen LogP contribution in [0.2, 0.25) is 0 Å². The third kappa shape index (κ3) is 2.97. The molecule has 0 amide bonds. The van der Waals surface area contributed by atoms with Gasteiger partial charge in [-0.3, -0.25) is 0 Å². The van der Waals surface area contributed by atoms with E-state index in [0.29, 0.717) is 11.1 Å². The summed E-state index contributed by atoms with van der Waals surface area (Å²) in [5, 5.41) is 11.8. The van der Waals surface area contributed by atoms with Crippen LogP contribution in [0.3, 0.4) is 0 Å². The highest BCUT2D eigenvalue weighted by atomic mass is 16.4. The van der Waals surface area contributed by atoms with Crippen molar-refractivity contribution in [3.05, 3.63) is 76.6 Å². The average Bonchev–Trinajstić information content (AvgIpc) is 2.65. The van der Waals surface area contributed by atoms with Crippen LogP contribution >= 0.6 is 0 Å². The molecule has 0 saturated heterocycles. The van der Waals surface area contributed by atoms with Crippen molar-refractivity contribution < 1.29 is 14.3 Å². The normalized spacial score (nSPS) is 11.1. The first-order valence-corrected chi connectivity index (χ1v) is 9.17. The van der Waals surface area contributed by atoms with Gasteiger partial charge in [-0.2, -0.15) is 0 Å². The molecule has 1 heterocycles. The Kier molecular flexibility index (Phi) is 4.27. The van der Waals surface area contributed by atoms with Crippen molar-refractivity contribution in [1.29, 1.82) is 0 Å². The number of carboxylic acids is 1. The van der Waals surface area contributed by atoms with Crippen LogP contribution < -0.4 is 9.93 Å². The van der Waals surface area contributed by atoms with Gasteiger partial charge in [-0.05, 0) is 43.2 Å². The molecule has 1 aliphatic carbocycles. The smallest absolute Gasteiger partial charge is 0.336 e. The Morgan fingerprint density at radius 3 is 2.29 bits per heavy atom. The van der Waals surface area contributed by atoms with Gasteiger partial charge in [0.1, 0.15) is 25.4 Å². The van der Waals surface area contributed by atoms with Crippen molar-refractivity contribution in [1.82, 2.24) is 4.58 Å². The van der Waals surface area contributed by atoms with Crippen LogP contribution in [-0.4, -0.2) is 25.2 Å². The van der Waals surface area contributed by atoms with E-state index in [1.165, 1.54) is 0 Å². The molecule has 0 fully saturated rings. The Morgan fingerprint density at radius 2 is 1.57 bits per heavy atom. The quantitative estimate of drug-likeness (QED) is 0.415. The number of fused-ring (bicyclic) bond motifs is 2. The largest absolute Gasteiger partial charge is 0.478 e. The Hall–Kier alpha value is -3.40. The summed E-state index contributed by atoms with van der Waals surface area (Å²) < 4.78 is 8.25. The second-order valence-corrected chi connectivity index (χ2v) is 7.41. The van der Waals surface area contributed by atoms with Gasteiger partial charge in [0.05, 0.1) is 11.6 Å². The number of benzene rings is 3. The lowest BCUT2D eigenvalue weighted by atomic mass is 9.90. The summed E-state index contributed by atoms with van der Waals surface area (Å²) in [6, 6.07) is 17.6. The Bertz CT molecular complexity index is 1280. The van der Waals surface area contributed by atoms with Crippen molar-refractivity contribution in [3.63, 3.8) is 0 Å². The molecule has 4 nitrogen and oxygen atoms in total. The minimum Gasteiger partial charge on any atom is -0.478 e. The van der Waals surface area contributed by atoms with Crippen molar-refractivity contribution in [2.45, 2.75) is 13.8 Å². The van der Waals surface area contributed by atoms with E-state index < -0.39 is 5.97 Å². The first kappa shape index (κ1) is 18.0. The highest BCUT2D eigenvalue weighted by Gasteiger charge is 2.22. The molecule has 140 valence electrons. The van der Waals surface area contributed by atoms with Crippen molar-refractivity contribution in [3.8, 4) is 22.5 Å². The molecule has 28 heavy (non-hydrogen) atoms. The molecule has 0 atom stereocenters. The molecule has 0 bridgehead atoms. The molecule has 2 aromatic carbocycles. The molecule has 0 radical (unpaired) electrons. The maximum Gasteiger partial charge on any atom is 0.336 e. The molecular formula is C24H22NO3+. The fraction of sp³-hybridized carbons (Fsp3) is 0.167. The number of carbonyl (C=O) groups is 1. The lowest BCUT2D eigenvalue weighted by molar-refractivity contribution is 0.0697. The van der Waals surface area contributed by atoms with Gasteiger partial charge >= 0.3 is 5.97 Å². The minimum absolute atomic E-state index is 0.297. The van der Waals surface area contributed by atoms with Gasteiger partial charge in [-0.25, -0.2) is 9.37 Å². The first-order chi connectivity index (χ1) is 13.3.